The van der Waals surface area contributed by atoms with Gasteiger partial charge in [0.05, 0.1) is 42.7 Å². The van der Waals surface area contributed by atoms with Crippen molar-refractivity contribution in [2.45, 2.75) is 151 Å². The van der Waals surface area contributed by atoms with Gasteiger partial charge in [0.25, 0.3) is 0 Å². The molecule has 0 spiro atoms. The lowest BCUT2D eigenvalue weighted by Crippen LogP contribution is -2.63. The van der Waals surface area contributed by atoms with E-state index in [0.717, 1.165) is 57.9 Å². The van der Waals surface area contributed by atoms with Gasteiger partial charge in [0.1, 0.15) is 6.10 Å². The van der Waals surface area contributed by atoms with E-state index in [1.165, 1.54) is 45.1 Å². The highest BCUT2D eigenvalue weighted by molar-refractivity contribution is 5.05. The topological polar surface area (TPSA) is 72.9 Å². The van der Waals surface area contributed by atoms with E-state index in [2.05, 4.69) is 23.9 Å². The molecule has 14 unspecified atom stereocenters. The van der Waals surface area contributed by atoms with Crippen molar-refractivity contribution in [1.29, 1.82) is 0 Å². The Balaban J connectivity index is 1.22. The summed E-state index contributed by atoms with van der Waals surface area (Å²) < 4.78 is 32.6. The Hall–Kier alpha value is -0.320. The summed E-state index contributed by atoms with van der Waals surface area (Å²) in [7, 11) is 10.2. The third-order valence-electron chi connectivity index (χ3n) is 14.4. The number of hydrogen-bond acceptors (Lipinski definition) is 8. The molecule has 8 heteroatoms. The third kappa shape index (κ3) is 6.67. The molecule has 258 valence electrons. The largest absolute Gasteiger partial charge is 0.388 e. The van der Waals surface area contributed by atoms with Crippen molar-refractivity contribution < 1.29 is 28.8 Å². The molecule has 14 atom stereocenters. The van der Waals surface area contributed by atoms with Crippen LogP contribution in [0.15, 0.2) is 0 Å². The molecule has 8 fully saturated rings. The molecule has 0 aromatic heterocycles. The van der Waals surface area contributed by atoms with E-state index < -0.39 is 6.10 Å². The number of aliphatic hydroxyl groups is 1. The van der Waals surface area contributed by atoms with Gasteiger partial charge in [-0.15, -0.1) is 0 Å². The number of nitrogens with zero attached hydrogens (tertiary/aromatic N) is 2. The zero-order valence-electron chi connectivity index (χ0n) is 28.9. The monoisotopic (exact) mass is 632 g/mol. The van der Waals surface area contributed by atoms with Crippen molar-refractivity contribution in [3.8, 4) is 0 Å². The summed E-state index contributed by atoms with van der Waals surface area (Å²) >= 11 is 0. The van der Waals surface area contributed by atoms with Crippen molar-refractivity contribution in [3.63, 3.8) is 0 Å². The van der Waals surface area contributed by atoms with E-state index in [4.69, 9.17) is 23.7 Å². The molecule has 0 radical (unpaired) electrons. The lowest BCUT2D eigenvalue weighted by molar-refractivity contribution is -0.229. The third-order valence-corrected chi connectivity index (χ3v) is 14.4. The zero-order valence-corrected chi connectivity index (χ0v) is 28.9. The maximum absolute atomic E-state index is 11.9. The first-order valence-corrected chi connectivity index (χ1v) is 18.8. The van der Waals surface area contributed by atoms with Crippen molar-refractivity contribution in [1.82, 2.24) is 9.80 Å². The van der Waals surface area contributed by atoms with Gasteiger partial charge in [-0.3, -0.25) is 0 Å². The van der Waals surface area contributed by atoms with Gasteiger partial charge in [0, 0.05) is 39.3 Å². The number of fused-ring (bicyclic) bond motifs is 2. The summed E-state index contributed by atoms with van der Waals surface area (Å²) in [6.45, 7) is 2.28. The molecule has 0 aromatic carbocycles. The number of rotatable bonds is 3. The van der Waals surface area contributed by atoms with E-state index in [9.17, 15) is 5.11 Å². The van der Waals surface area contributed by atoms with Gasteiger partial charge in [-0.2, -0.15) is 0 Å². The molecule has 45 heavy (non-hydrogen) atoms. The zero-order chi connectivity index (χ0) is 31.2. The summed E-state index contributed by atoms with van der Waals surface area (Å²) in [5.41, 5.74) is 0. The van der Waals surface area contributed by atoms with Crippen LogP contribution in [0.5, 0.6) is 0 Å². The molecule has 4 aliphatic carbocycles. The Morgan fingerprint density at radius 1 is 0.578 bits per heavy atom. The van der Waals surface area contributed by atoms with E-state index in [-0.39, 0.29) is 36.6 Å². The Bertz CT molecular complexity index is 963. The smallest absolute Gasteiger partial charge is 0.107 e. The Morgan fingerprint density at radius 3 is 1.93 bits per heavy atom. The van der Waals surface area contributed by atoms with Crippen LogP contribution in [0.1, 0.15) is 89.9 Å². The second-order valence-electron chi connectivity index (χ2n) is 16.6. The van der Waals surface area contributed by atoms with Gasteiger partial charge in [0.2, 0.25) is 0 Å². The van der Waals surface area contributed by atoms with Gasteiger partial charge in [0.15, 0.2) is 0 Å². The molecular formula is C37H64N2O6. The summed E-state index contributed by atoms with van der Waals surface area (Å²) in [6, 6.07) is 0.974. The molecule has 0 aromatic rings. The fraction of sp³-hybridized carbons (Fsp3) is 1.00. The van der Waals surface area contributed by atoms with E-state index in [0.29, 0.717) is 53.7 Å². The molecule has 4 heterocycles. The molecule has 4 saturated carbocycles. The maximum atomic E-state index is 11.9. The molecule has 8 rings (SSSR count). The first kappa shape index (κ1) is 33.2. The highest BCUT2D eigenvalue weighted by atomic mass is 16.6. The molecule has 4 aliphatic heterocycles. The Kier molecular flexibility index (Phi) is 10.5. The second kappa shape index (κ2) is 14.3. The predicted octanol–water partition coefficient (Wildman–Crippen LogP) is 4.75. The highest BCUT2D eigenvalue weighted by Gasteiger charge is 2.54. The normalized spacial score (nSPS) is 51.6. The van der Waals surface area contributed by atoms with Crippen LogP contribution in [-0.2, 0) is 23.7 Å². The lowest BCUT2D eigenvalue weighted by atomic mass is 9.64. The van der Waals surface area contributed by atoms with Gasteiger partial charge < -0.3 is 38.6 Å². The molecule has 8 aliphatic rings. The minimum Gasteiger partial charge on any atom is -0.388 e. The van der Waals surface area contributed by atoms with Crippen LogP contribution in [0.25, 0.3) is 0 Å². The number of hydrogen-bond donors (Lipinski definition) is 1. The standard InChI is InChI=1S/C37H64N2O6/c1-38-14-12-24-19-31(42-4)33-21-27(24)28(38)17-23-8-11-30(41-3)32(18-23)44-26-9-6-22(7-10-26)16-29-35-25(13-15-39(29)2)20-34(43-5)36(40)37(35)45-33/h22-37,40H,6-21H2,1-5H3. The molecule has 6 bridgehead atoms. The van der Waals surface area contributed by atoms with Crippen molar-refractivity contribution >= 4 is 0 Å². The fourth-order valence-corrected chi connectivity index (χ4v) is 11.8. The van der Waals surface area contributed by atoms with Gasteiger partial charge in [-0.25, -0.2) is 0 Å². The molecule has 4 saturated heterocycles. The van der Waals surface area contributed by atoms with Crippen molar-refractivity contribution in [2.75, 3.05) is 48.5 Å². The van der Waals surface area contributed by atoms with Gasteiger partial charge in [-0.05, 0) is 147 Å². The Labute approximate surface area is 273 Å². The molecule has 1 N–H and O–H groups in total. The second-order valence-corrected chi connectivity index (χ2v) is 16.6. The summed E-state index contributed by atoms with van der Waals surface area (Å²) in [5.74, 6) is 3.47. The van der Waals surface area contributed by atoms with E-state index in [1.54, 1.807) is 7.11 Å². The number of ether oxygens (including phenoxy) is 5. The van der Waals surface area contributed by atoms with Crippen LogP contribution in [0, 0.1) is 35.5 Å². The van der Waals surface area contributed by atoms with Crippen LogP contribution in [0.3, 0.4) is 0 Å². The number of aliphatic hydroxyl groups excluding tert-OH is 1. The van der Waals surface area contributed by atoms with Crippen molar-refractivity contribution in [3.05, 3.63) is 0 Å². The van der Waals surface area contributed by atoms with Crippen molar-refractivity contribution in [2.24, 2.45) is 35.5 Å². The van der Waals surface area contributed by atoms with Gasteiger partial charge in [-0.1, -0.05) is 0 Å². The van der Waals surface area contributed by atoms with Crippen LogP contribution >= 0.6 is 0 Å². The maximum Gasteiger partial charge on any atom is 0.107 e. The number of likely N-dealkylation sites (tertiary alicyclic amines) is 2. The number of methoxy groups -OCH3 is 3. The summed E-state index contributed by atoms with van der Waals surface area (Å²) in [6.07, 6.45) is 16.0. The SMILES string of the molecule is COC1CCC2CC1OC1CCC(CC1)CC1C3C(CCN1C)CC(OC)C(O)C3OC1CC3C(CCN(C)C3C2)CC1OC. The molecule has 8 nitrogen and oxygen atoms in total. The van der Waals surface area contributed by atoms with Crippen LogP contribution in [0.2, 0.25) is 0 Å². The summed E-state index contributed by atoms with van der Waals surface area (Å²) in [4.78, 5) is 5.28. The first-order chi connectivity index (χ1) is 21.9. The highest BCUT2D eigenvalue weighted by Crippen LogP contribution is 2.49. The van der Waals surface area contributed by atoms with Gasteiger partial charge >= 0.3 is 0 Å². The quantitative estimate of drug-likeness (QED) is 0.478. The predicted molar refractivity (Wildman–Crippen MR) is 174 cm³/mol. The van der Waals surface area contributed by atoms with E-state index >= 15 is 0 Å². The average Bonchev–Trinajstić information content (AvgIpc) is 3.05. The molecular weight excluding hydrogens is 568 g/mol. The Morgan fingerprint density at radius 2 is 1.20 bits per heavy atom. The summed E-state index contributed by atoms with van der Waals surface area (Å²) in [5, 5.41) is 11.9. The number of piperidine rings is 2. The van der Waals surface area contributed by atoms with Crippen LogP contribution < -0.4 is 0 Å². The molecule has 0 amide bonds. The fourth-order valence-electron chi connectivity index (χ4n) is 11.8. The van der Waals surface area contributed by atoms with E-state index in [1.807, 2.05) is 14.2 Å². The van der Waals surface area contributed by atoms with Crippen LogP contribution in [0.4, 0.5) is 0 Å². The lowest BCUT2D eigenvalue weighted by Gasteiger charge is -2.56. The first-order valence-electron chi connectivity index (χ1n) is 18.8. The van der Waals surface area contributed by atoms with Crippen LogP contribution in [-0.4, -0.2) is 124 Å². The minimum atomic E-state index is -0.604. The average molecular weight is 633 g/mol. The minimum absolute atomic E-state index is 0.00340.